The molecule has 0 aliphatic carbocycles. The number of likely N-dealkylation sites (N-methyl/N-ethyl adjacent to an activating group) is 1. The van der Waals surface area contributed by atoms with E-state index in [9.17, 15) is 9.59 Å². The van der Waals surface area contributed by atoms with Gasteiger partial charge in [0.1, 0.15) is 24.7 Å². The molecule has 1 aliphatic rings. The van der Waals surface area contributed by atoms with Gasteiger partial charge in [-0.25, -0.2) is 0 Å². The summed E-state index contributed by atoms with van der Waals surface area (Å²) >= 11 is 5.36. The third-order valence-electron chi connectivity index (χ3n) is 5.87. The van der Waals surface area contributed by atoms with E-state index in [2.05, 4.69) is 15.5 Å². The molecule has 3 aromatic rings. The van der Waals surface area contributed by atoms with E-state index >= 15 is 0 Å². The van der Waals surface area contributed by atoms with Crippen molar-refractivity contribution >= 4 is 34.8 Å². The summed E-state index contributed by atoms with van der Waals surface area (Å²) in [5.41, 5.74) is 1.54. The quantitative estimate of drug-likeness (QED) is 0.348. The van der Waals surface area contributed by atoms with Crippen LogP contribution in [-0.4, -0.2) is 73.2 Å². The van der Waals surface area contributed by atoms with Gasteiger partial charge < -0.3 is 24.6 Å². The maximum atomic E-state index is 12.9. The number of anilines is 1. The van der Waals surface area contributed by atoms with E-state index in [1.165, 1.54) is 0 Å². The Morgan fingerprint density at radius 2 is 1.57 bits per heavy atom. The maximum Gasteiger partial charge on any atom is 0.261 e. The molecule has 8 nitrogen and oxygen atoms in total. The average Bonchev–Trinajstić information content (AvgIpc) is 2.92. The second-order valence-corrected chi connectivity index (χ2v) is 9.00. The van der Waals surface area contributed by atoms with Gasteiger partial charge in [0.25, 0.3) is 11.8 Å². The molecule has 1 aliphatic heterocycles. The zero-order chi connectivity index (χ0) is 26.0. The number of thiocarbonyl (C=S) groups is 1. The lowest BCUT2D eigenvalue weighted by molar-refractivity contribution is 0.0664. The Morgan fingerprint density at radius 3 is 2.35 bits per heavy atom. The number of carbonyl (C=O) groups is 2. The standard InChI is InChI=1S/C28H30N4O4S/c1-31-14-16-32(17-15-31)27(34)21-8-7-9-22(20-21)29-28(37)30-26(33)24-12-5-6-13-25(24)36-19-18-35-23-10-3-2-4-11-23/h2-13,20H,14-19H2,1H3,(H2,29,30,33,37). The minimum Gasteiger partial charge on any atom is -0.490 e. The zero-order valence-corrected chi connectivity index (χ0v) is 21.5. The Bertz CT molecular complexity index is 1230. The van der Waals surface area contributed by atoms with Crippen molar-refractivity contribution in [3.05, 3.63) is 90.0 Å². The van der Waals surface area contributed by atoms with Crippen molar-refractivity contribution in [2.24, 2.45) is 0 Å². The van der Waals surface area contributed by atoms with E-state index in [1.807, 2.05) is 42.3 Å². The predicted molar refractivity (Wildman–Crippen MR) is 147 cm³/mol. The summed E-state index contributed by atoms with van der Waals surface area (Å²) in [4.78, 5) is 29.8. The highest BCUT2D eigenvalue weighted by atomic mass is 32.1. The molecule has 1 heterocycles. The van der Waals surface area contributed by atoms with Crippen LogP contribution in [0.1, 0.15) is 20.7 Å². The first kappa shape index (κ1) is 26.1. The average molecular weight is 519 g/mol. The fourth-order valence-corrected chi connectivity index (χ4v) is 4.07. The molecule has 0 bridgehead atoms. The summed E-state index contributed by atoms with van der Waals surface area (Å²) in [5.74, 6) is 0.762. The number of amides is 2. The second-order valence-electron chi connectivity index (χ2n) is 8.59. The third kappa shape index (κ3) is 7.52. The Balaban J connectivity index is 1.30. The van der Waals surface area contributed by atoms with Crippen molar-refractivity contribution in [3.8, 4) is 11.5 Å². The number of nitrogens with one attached hydrogen (secondary N) is 2. The molecule has 3 aromatic carbocycles. The molecule has 0 radical (unpaired) electrons. The molecule has 0 saturated carbocycles. The second kappa shape index (κ2) is 12.8. The van der Waals surface area contributed by atoms with Crippen molar-refractivity contribution in [3.63, 3.8) is 0 Å². The summed E-state index contributed by atoms with van der Waals surface area (Å²) in [6, 6.07) is 23.5. The van der Waals surface area contributed by atoms with Crippen LogP contribution in [-0.2, 0) is 0 Å². The van der Waals surface area contributed by atoms with Crippen LogP contribution >= 0.6 is 12.2 Å². The Labute approximate surface area is 222 Å². The van der Waals surface area contributed by atoms with E-state index in [1.54, 1.807) is 48.5 Å². The highest BCUT2D eigenvalue weighted by Crippen LogP contribution is 2.19. The molecule has 4 rings (SSSR count). The van der Waals surface area contributed by atoms with Crippen LogP contribution in [0.3, 0.4) is 0 Å². The maximum absolute atomic E-state index is 12.9. The van der Waals surface area contributed by atoms with Crippen LogP contribution in [0.25, 0.3) is 0 Å². The molecule has 37 heavy (non-hydrogen) atoms. The van der Waals surface area contributed by atoms with Gasteiger partial charge in [0, 0.05) is 37.4 Å². The van der Waals surface area contributed by atoms with E-state index in [0.717, 1.165) is 18.8 Å². The van der Waals surface area contributed by atoms with Crippen molar-refractivity contribution in [2.45, 2.75) is 0 Å². The first-order valence-corrected chi connectivity index (χ1v) is 12.5. The molecular formula is C28H30N4O4S. The molecule has 9 heteroatoms. The van der Waals surface area contributed by atoms with Gasteiger partial charge in [0.2, 0.25) is 0 Å². The van der Waals surface area contributed by atoms with Crippen LogP contribution in [0, 0.1) is 0 Å². The number of nitrogens with zero attached hydrogens (tertiary/aromatic N) is 2. The van der Waals surface area contributed by atoms with Crippen LogP contribution < -0.4 is 20.1 Å². The number of hydrogen-bond acceptors (Lipinski definition) is 6. The summed E-state index contributed by atoms with van der Waals surface area (Å²) in [6.07, 6.45) is 0. The number of hydrogen-bond donors (Lipinski definition) is 2. The number of piperazine rings is 1. The summed E-state index contributed by atoms with van der Waals surface area (Å²) in [7, 11) is 2.05. The molecule has 192 valence electrons. The first-order chi connectivity index (χ1) is 18.0. The van der Waals surface area contributed by atoms with Gasteiger partial charge in [0.15, 0.2) is 5.11 Å². The van der Waals surface area contributed by atoms with Gasteiger partial charge in [-0.3, -0.25) is 14.9 Å². The summed E-state index contributed by atoms with van der Waals surface area (Å²) < 4.78 is 11.4. The molecule has 2 N–H and O–H groups in total. The first-order valence-electron chi connectivity index (χ1n) is 12.1. The van der Waals surface area contributed by atoms with Crippen molar-refractivity contribution in [1.82, 2.24) is 15.1 Å². The number of benzene rings is 3. The highest BCUT2D eigenvalue weighted by molar-refractivity contribution is 7.80. The van der Waals surface area contributed by atoms with E-state index in [-0.39, 0.29) is 17.6 Å². The Kier molecular flexibility index (Phi) is 9.07. The van der Waals surface area contributed by atoms with Gasteiger partial charge in [-0.05, 0) is 61.7 Å². The lowest BCUT2D eigenvalue weighted by Gasteiger charge is -2.32. The lowest BCUT2D eigenvalue weighted by atomic mass is 10.1. The fraction of sp³-hybridized carbons (Fsp3) is 0.250. The molecule has 0 aromatic heterocycles. The van der Waals surface area contributed by atoms with E-state index < -0.39 is 5.91 Å². The number of carbonyl (C=O) groups excluding carboxylic acids is 2. The molecule has 0 spiro atoms. The largest absolute Gasteiger partial charge is 0.490 e. The van der Waals surface area contributed by atoms with Crippen molar-refractivity contribution in [1.29, 1.82) is 0 Å². The highest BCUT2D eigenvalue weighted by Gasteiger charge is 2.20. The third-order valence-corrected chi connectivity index (χ3v) is 6.07. The molecule has 2 amide bonds. The lowest BCUT2D eigenvalue weighted by Crippen LogP contribution is -2.47. The Hall–Kier alpha value is -3.95. The van der Waals surface area contributed by atoms with Crippen molar-refractivity contribution in [2.75, 3.05) is 51.8 Å². The number of ether oxygens (including phenoxy) is 2. The zero-order valence-electron chi connectivity index (χ0n) is 20.7. The van der Waals surface area contributed by atoms with Crippen LogP contribution in [0.2, 0.25) is 0 Å². The van der Waals surface area contributed by atoms with Gasteiger partial charge in [-0.1, -0.05) is 36.4 Å². The monoisotopic (exact) mass is 518 g/mol. The van der Waals surface area contributed by atoms with Crippen molar-refractivity contribution < 1.29 is 19.1 Å². The van der Waals surface area contributed by atoms with E-state index in [0.29, 0.717) is 42.3 Å². The van der Waals surface area contributed by atoms with Gasteiger partial charge in [0.05, 0.1) is 5.56 Å². The molecule has 0 unspecified atom stereocenters. The SMILES string of the molecule is CN1CCN(C(=O)c2cccc(NC(=S)NC(=O)c3ccccc3OCCOc3ccccc3)c2)CC1. The van der Waals surface area contributed by atoms with Gasteiger partial charge >= 0.3 is 0 Å². The summed E-state index contributed by atoms with van der Waals surface area (Å²) in [5, 5.41) is 5.81. The minimum atomic E-state index is -0.401. The molecule has 1 saturated heterocycles. The summed E-state index contributed by atoms with van der Waals surface area (Å²) in [6.45, 7) is 3.71. The Morgan fingerprint density at radius 1 is 0.865 bits per heavy atom. The molecular weight excluding hydrogens is 488 g/mol. The predicted octanol–water partition coefficient (Wildman–Crippen LogP) is 3.66. The fourth-order valence-electron chi connectivity index (χ4n) is 3.86. The van der Waals surface area contributed by atoms with Crippen LogP contribution in [0.5, 0.6) is 11.5 Å². The van der Waals surface area contributed by atoms with Crippen LogP contribution in [0.4, 0.5) is 5.69 Å². The minimum absolute atomic E-state index is 0.0194. The number of para-hydroxylation sites is 2. The van der Waals surface area contributed by atoms with Gasteiger partial charge in [-0.15, -0.1) is 0 Å². The van der Waals surface area contributed by atoms with Crippen LogP contribution in [0.15, 0.2) is 78.9 Å². The molecule has 0 atom stereocenters. The normalized spacial score (nSPS) is 13.5. The number of rotatable bonds is 8. The van der Waals surface area contributed by atoms with Gasteiger partial charge in [-0.2, -0.15) is 0 Å². The van der Waals surface area contributed by atoms with E-state index in [4.69, 9.17) is 21.7 Å². The topological polar surface area (TPSA) is 83.1 Å². The molecule has 1 fully saturated rings. The smallest absolute Gasteiger partial charge is 0.261 e.